The highest BCUT2D eigenvalue weighted by Gasteiger charge is 2.37. The Morgan fingerprint density at radius 2 is 2.14 bits per heavy atom. The quantitative estimate of drug-likeness (QED) is 0.786. The van der Waals surface area contributed by atoms with E-state index in [0.29, 0.717) is 0 Å². The van der Waals surface area contributed by atoms with Crippen molar-refractivity contribution in [2.75, 3.05) is 19.6 Å². The van der Waals surface area contributed by atoms with Gasteiger partial charge in [0.1, 0.15) is 0 Å². The number of amides is 1. The highest BCUT2D eigenvalue weighted by atomic mass is 16.2. The van der Waals surface area contributed by atoms with Crippen LogP contribution in [0.1, 0.15) is 44.0 Å². The molecule has 0 aromatic carbocycles. The van der Waals surface area contributed by atoms with Crippen LogP contribution in [-0.2, 0) is 11.3 Å². The first-order chi connectivity index (χ1) is 10.1. The molecule has 5 nitrogen and oxygen atoms in total. The van der Waals surface area contributed by atoms with Gasteiger partial charge in [-0.25, -0.2) is 0 Å². The number of hydrogen-bond donors (Lipinski definition) is 2. The van der Waals surface area contributed by atoms with Crippen LogP contribution in [0.15, 0.2) is 6.07 Å². The number of carbonyl (C=O) groups is 1. The van der Waals surface area contributed by atoms with Crippen LogP contribution in [0.25, 0.3) is 0 Å². The van der Waals surface area contributed by atoms with E-state index in [4.69, 9.17) is 0 Å². The second-order valence-electron chi connectivity index (χ2n) is 6.14. The highest BCUT2D eigenvalue weighted by Crippen LogP contribution is 2.32. The molecular formula is C16H28N4O. The van der Waals surface area contributed by atoms with Gasteiger partial charge in [-0.15, -0.1) is 0 Å². The molecule has 0 unspecified atom stereocenters. The largest absolute Gasteiger partial charge is 0.356 e. The monoisotopic (exact) mass is 292 g/mol. The van der Waals surface area contributed by atoms with Gasteiger partial charge in [0.15, 0.2) is 0 Å². The van der Waals surface area contributed by atoms with E-state index in [1.54, 1.807) is 0 Å². The van der Waals surface area contributed by atoms with Crippen LogP contribution in [0.3, 0.4) is 0 Å². The van der Waals surface area contributed by atoms with Crippen molar-refractivity contribution in [3.05, 3.63) is 17.5 Å². The molecular weight excluding hydrogens is 264 g/mol. The van der Waals surface area contributed by atoms with Crippen LogP contribution in [0.5, 0.6) is 0 Å². The van der Waals surface area contributed by atoms with E-state index in [2.05, 4.69) is 35.6 Å². The maximum atomic E-state index is 12.5. The zero-order valence-electron chi connectivity index (χ0n) is 13.5. The molecule has 2 heterocycles. The molecule has 118 valence electrons. The fraction of sp³-hybridized carbons (Fsp3) is 0.750. The Bertz CT molecular complexity index is 475. The minimum absolute atomic E-state index is 0.149. The van der Waals surface area contributed by atoms with Crippen LogP contribution in [0.4, 0.5) is 0 Å². The van der Waals surface area contributed by atoms with E-state index in [-0.39, 0.29) is 11.3 Å². The Hall–Kier alpha value is -1.36. The molecule has 0 spiro atoms. The second-order valence-corrected chi connectivity index (χ2v) is 6.14. The summed E-state index contributed by atoms with van der Waals surface area (Å²) in [6.07, 6.45) is 3.75. The van der Waals surface area contributed by atoms with Crippen molar-refractivity contribution >= 4 is 5.91 Å². The van der Waals surface area contributed by atoms with Crippen molar-refractivity contribution in [3.8, 4) is 0 Å². The van der Waals surface area contributed by atoms with Gasteiger partial charge < -0.3 is 10.6 Å². The average Bonchev–Trinajstić information content (AvgIpc) is 2.82. The molecule has 1 aliphatic rings. The number of aryl methyl sites for hydroxylation is 3. The van der Waals surface area contributed by atoms with Crippen molar-refractivity contribution in [2.24, 2.45) is 5.41 Å². The minimum atomic E-state index is -0.149. The van der Waals surface area contributed by atoms with Gasteiger partial charge in [-0.05, 0) is 58.7 Å². The summed E-state index contributed by atoms with van der Waals surface area (Å²) in [5.41, 5.74) is 2.09. The molecule has 2 N–H and O–H groups in total. The van der Waals surface area contributed by atoms with Crippen LogP contribution in [0.2, 0.25) is 0 Å². The van der Waals surface area contributed by atoms with Crippen LogP contribution >= 0.6 is 0 Å². The Kier molecular flexibility index (Phi) is 5.39. The predicted molar refractivity (Wildman–Crippen MR) is 84.2 cm³/mol. The molecule has 1 amide bonds. The van der Waals surface area contributed by atoms with Crippen molar-refractivity contribution in [1.29, 1.82) is 0 Å². The molecule has 0 atom stereocenters. The van der Waals surface area contributed by atoms with Crippen molar-refractivity contribution < 1.29 is 4.79 Å². The lowest BCUT2D eigenvalue weighted by Crippen LogP contribution is -2.47. The molecule has 1 aliphatic heterocycles. The summed E-state index contributed by atoms with van der Waals surface area (Å²) < 4.78 is 2.02. The third-order valence-corrected chi connectivity index (χ3v) is 4.65. The number of nitrogens with zero attached hydrogens (tertiary/aromatic N) is 2. The van der Waals surface area contributed by atoms with Crippen LogP contribution in [0, 0.1) is 19.3 Å². The third-order valence-electron chi connectivity index (χ3n) is 4.65. The molecule has 0 aliphatic carbocycles. The second kappa shape index (κ2) is 7.07. The van der Waals surface area contributed by atoms with Gasteiger partial charge in [0.25, 0.3) is 0 Å². The number of hydrogen-bond acceptors (Lipinski definition) is 3. The summed E-state index contributed by atoms with van der Waals surface area (Å²) in [6, 6.07) is 2.08. The Labute approximate surface area is 127 Å². The van der Waals surface area contributed by atoms with Crippen molar-refractivity contribution in [2.45, 2.75) is 53.0 Å². The van der Waals surface area contributed by atoms with Gasteiger partial charge in [0.2, 0.25) is 5.91 Å². The first kappa shape index (κ1) is 16.0. The molecule has 1 aromatic heterocycles. The summed E-state index contributed by atoms with van der Waals surface area (Å²) in [7, 11) is 0. The average molecular weight is 292 g/mol. The van der Waals surface area contributed by atoms with Gasteiger partial charge >= 0.3 is 0 Å². The van der Waals surface area contributed by atoms with Crippen molar-refractivity contribution in [1.82, 2.24) is 20.4 Å². The van der Waals surface area contributed by atoms with E-state index in [1.807, 2.05) is 11.6 Å². The lowest BCUT2D eigenvalue weighted by molar-refractivity contribution is -0.132. The van der Waals surface area contributed by atoms with E-state index in [9.17, 15) is 4.79 Å². The first-order valence-corrected chi connectivity index (χ1v) is 8.07. The van der Waals surface area contributed by atoms with Gasteiger partial charge in [-0.1, -0.05) is 6.92 Å². The van der Waals surface area contributed by atoms with E-state index in [1.165, 1.54) is 5.69 Å². The fourth-order valence-corrected chi connectivity index (χ4v) is 3.17. The van der Waals surface area contributed by atoms with Crippen molar-refractivity contribution in [3.63, 3.8) is 0 Å². The maximum absolute atomic E-state index is 12.5. The fourth-order valence-electron chi connectivity index (χ4n) is 3.17. The number of carbonyl (C=O) groups excluding carboxylic acids is 1. The molecule has 5 heteroatoms. The topological polar surface area (TPSA) is 59.0 Å². The molecule has 0 saturated carbocycles. The zero-order valence-corrected chi connectivity index (χ0v) is 13.5. The third kappa shape index (κ3) is 3.84. The van der Waals surface area contributed by atoms with Gasteiger partial charge in [-0.3, -0.25) is 9.48 Å². The smallest absolute Gasteiger partial charge is 0.226 e. The molecule has 1 fully saturated rings. The molecule has 1 aromatic rings. The minimum Gasteiger partial charge on any atom is -0.356 e. The lowest BCUT2D eigenvalue weighted by Gasteiger charge is -2.35. The lowest BCUT2D eigenvalue weighted by atomic mass is 9.76. The highest BCUT2D eigenvalue weighted by molar-refractivity contribution is 5.82. The first-order valence-electron chi connectivity index (χ1n) is 8.07. The number of rotatable bonds is 6. The molecule has 21 heavy (non-hydrogen) atoms. The molecule has 1 saturated heterocycles. The zero-order chi connectivity index (χ0) is 15.3. The number of piperidine rings is 1. The van der Waals surface area contributed by atoms with E-state index >= 15 is 0 Å². The van der Waals surface area contributed by atoms with Crippen LogP contribution < -0.4 is 10.6 Å². The van der Waals surface area contributed by atoms with Gasteiger partial charge in [0.05, 0.1) is 11.1 Å². The van der Waals surface area contributed by atoms with E-state index < -0.39 is 0 Å². The normalized spacial score (nSPS) is 17.7. The summed E-state index contributed by atoms with van der Waals surface area (Å²) in [5, 5.41) is 10.9. The molecule has 0 radical (unpaired) electrons. The van der Waals surface area contributed by atoms with Gasteiger partial charge in [0, 0.05) is 18.8 Å². The summed E-state index contributed by atoms with van der Waals surface area (Å²) in [6.45, 7) is 9.70. The van der Waals surface area contributed by atoms with E-state index in [0.717, 1.165) is 57.6 Å². The molecule has 0 bridgehead atoms. The Balaban J connectivity index is 1.77. The number of aromatic nitrogens is 2. The SMILES string of the molecule is CCC1(C(=O)NCCCn2nc(C)cc2C)CCNCC1. The Morgan fingerprint density at radius 3 is 2.71 bits per heavy atom. The summed E-state index contributed by atoms with van der Waals surface area (Å²) in [4.78, 5) is 12.5. The predicted octanol–water partition coefficient (Wildman–Crippen LogP) is 1.79. The Morgan fingerprint density at radius 1 is 1.43 bits per heavy atom. The number of nitrogens with one attached hydrogen (secondary N) is 2. The summed E-state index contributed by atoms with van der Waals surface area (Å²) in [5.74, 6) is 0.236. The maximum Gasteiger partial charge on any atom is 0.226 e. The summed E-state index contributed by atoms with van der Waals surface area (Å²) >= 11 is 0. The molecule has 2 rings (SSSR count). The standard InChI is InChI=1S/C16H28N4O/c1-4-16(6-9-17-10-7-16)15(21)18-8-5-11-20-14(3)12-13(2)19-20/h12,17H,4-11H2,1-3H3,(H,18,21). The van der Waals surface area contributed by atoms with Gasteiger partial charge in [-0.2, -0.15) is 5.10 Å². The van der Waals surface area contributed by atoms with Crippen LogP contribution in [-0.4, -0.2) is 35.3 Å².